The van der Waals surface area contributed by atoms with Crippen LogP contribution in [0.15, 0.2) is 36.4 Å². The van der Waals surface area contributed by atoms with Gasteiger partial charge >= 0.3 is 0 Å². The van der Waals surface area contributed by atoms with Crippen molar-refractivity contribution >= 4 is 0 Å². The maximum Gasteiger partial charge on any atom is 0.123 e. The van der Waals surface area contributed by atoms with E-state index in [0.717, 1.165) is 30.8 Å². The molecule has 2 fully saturated rings. The Hall–Kier alpha value is -1.88. The molecule has 0 unspecified atom stereocenters. The third kappa shape index (κ3) is 3.48. The van der Waals surface area contributed by atoms with Crippen LogP contribution in [0.5, 0.6) is 5.75 Å². The second-order valence-corrected chi connectivity index (χ2v) is 9.20. The molecule has 0 radical (unpaired) electrons. The van der Waals surface area contributed by atoms with Gasteiger partial charge in [0.05, 0.1) is 24.9 Å². The zero-order chi connectivity index (χ0) is 20.2. The number of fused-ring (bicyclic) bond motifs is 2. The minimum atomic E-state index is -0.816. The number of aliphatic hydroxyl groups excluding tert-OH is 2. The van der Waals surface area contributed by atoms with Crippen LogP contribution in [0, 0.1) is 6.92 Å². The van der Waals surface area contributed by atoms with Gasteiger partial charge in [-0.3, -0.25) is 0 Å². The van der Waals surface area contributed by atoms with Gasteiger partial charge in [0.15, 0.2) is 0 Å². The SMILES string of the molecule is Cc1ccc([C@H]2C[C@@H](O)[C@H](O)[C@@H](C)O2)cc1Cc1ccc2c(c1)C1(CCO2)CC1. The van der Waals surface area contributed by atoms with Crippen LogP contribution in [-0.2, 0) is 16.6 Å². The summed E-state index contributed by atoms with van der Waals surface area (Å²) in [5, 5.41) is 20.1. The number of ether oxygens (including phenoxy) is 2. The first-order valence-electron chi connectivity index (χ1n) is 10.8. The zero-order valence-corrected chi connectivity index (χ0v) is 17.2. The Balaban J connectivity index is 1.40. The van der Waals surface area contributed by atoms with Gasteiger partial charge in [-0.1, -0.05) is 30.3 Å². The van der Waals surface area contributed by atoms with Crippen molar-refractivity contribution < 1.29 is 19.7 Å². The molecule has 1 spiro atoms. The topological polar surface area (TPSA) is 58.9 Å². The average Bonchev–Trinajstić information content (AvgIpc) is 3.48. The Labute approximate surface area is 172 Å². The minimum absolute atomic E-state index is 0.186. The largest absolute Gasteiger partial charge is 0.493 e. The van der Waals surface area contributed by atoms with Crippen LogP contribution in [0.4, 0.5) is 0 Å². The highest BCUT2D eigenvalue weighted by molar-refractivity contribution is 5.48. The van der Waals surface area contributed by atoms with Crippen LogP contribution in [0.2, 0.25) is 0 Å². The Morgan fingerprint density at radius 2 is 1.90 bits per heavy atom. The Kier molecular flexibility index (Phi) is 4.69. The first kappa shape index (κ1) is 19.1. The van der Waals surface area contributed by atoms with Gasteiger partial charge < -0.3 is 19.7 Å². The summed E-state index contributed by atoms with van der Waals surface area (Å²) in [5.74, 6) is 1.07. The molecule has 0 bridgehead atoms. The molecule has 4 atom stereocenters. The molecule has 2 heterocycles. The number of benzene rings is 2. The summed E-state index contributed by atoms with van der Waals surface area (Å²) in [6.07, 6.45) is 2.89. The highest BCUT2D eigenvalue weighted by Gasteiger charge is 2.47. The van der Waals surface area contributed by atoms with E-state index in [1.54, 1.807) is 0 Å². The molecule has 1 saturated carbocycles. The van der Waals surface area contributed by atoms with Gasteiger partial charge in [-0.15, -0.1) is 0 Å². The first-order valence-corrected chi connectivity index (χ1v) is 10.8. The lowest BCUT2D eigenvalue weighted by molar-refractivity contribution is -0.163. The second-order valence-electron chi connectivity index (χ2n) is 9.20. The average molecular weight is 395 g/mol. The lowest BCUT2D eigenvalue weighted by atomic mass is 9.87. The molecule has 4 nitrogen and oxygen atoms in total. The van der Waals surface area contributed by atoms with Crippen LogP contribution in [-0.4, -0.2) is 35.1 Å². The Bertz CT molecular complexity index is 905. The smallest absolute Gasteiger partial charge is 0.123 e. The highest BCUT2D eigenvalue weighted by Crippen LogP contribution is 2.56. The molecule has 0 aromatic heterocycles. The maximum absolute atomic E-state index is 10.2. The van der Waals surface area contributed by atoms with Crippen molar-refractivity contribution in [1.82, 2.24) is 0 Å². The summed E-state index contributed by atoms with van der Waals surface area (Å²) in [4.78, 5) is 0. The standard InChI is InChI=1S/C25H30O4/c1-15-3-5-18(23-14-21(26)24(27)16(2)29-23)13-19(15)11-17-4-6-22-20(12-17)25(7-8-25)9-10-28-22/h3-6,12-13,16,21,23-24,26-27H,7-11,14H2,1-2H3/t16-,21-,23-,24-/m1/s1. The van der Waals surface area contributed by atoms with Crippen LogP contribution in [0.25, 0.3) is 0 Å². The number of aryl methyl sites for hydroxylation is 1. The minimum Gasteiger partial charge on any atom is -0.493 e. The molecule has 4 heteroatoms. The van der Waals surface area contributed by atoms with Crippen molar-refractivity contribution in [3.05, 3.63) is 64.2 Å². The molecule has 3 aliphatic rings. The molecule has 2 aromatic rings. The molecule has 5 rings (SSSR count). The van der Waals surface area contributed by atoms with E-state index < -0.39 is 12.2 Å². The predicted octanol–water partition coefficient (Wildman–Crippen LogP) is 3.97. The Morgan fingerprint density at radius 1 is 1.07 bits per heavy atom. The van der Waals surface area contributed by atoms with Gasteiger partial charge in [-0.25, -0.2) is 0 Å². The maximum atomic E-state index is 10.2. The summed E-state index contributed by atoms with van der Waals surface area (Å²) >= 11 is 0. The molecule has 0 amide bonds. The fourth-order valence-electron chi connectivity index (χ4n) is 4.97. The van der Waals surface area contributed by atoms with Gasteiger partial charge in [0.2, 0.25) is 0 Å². The molecular weight excluding hydrogens is 364 g/mol. The van der Waals surface area contributed by atoms with Crippen LogP contribution in [0.1, 0.15) is 66.5 Å². The summed E-state index contributed by atoms with van der Waals surface area (Å²) in [5.41, 5.74) is 6.70. The van der Waals surface area contributed by atoms with E-state index in [2.05, 4.69) is 43.3 Å². The van der Waals surface area contributed by atoms with Crippen LogP contribution in [0.3, 0.4) is 0 Å². The predicted molar refractivity (Wildman–Crippen MR) is 111 cm³/mol. The number of rotatable bonds is 3. The Morgan fingerprint density at radius 3 is 2.66 bits per heavy atom. The molecule has 154 valence electrons. The molecular formula is C25H30O4. The van der Waals surface area contributed by atoms with Crippen LogP contribution >= 0.6 is 0 Å². The fourth-order valence-corrected chi connectivity index (χ4v) is 4.97. The van der Waals surface area contributed by atoms with E-state index in [4.69, 9.17) is 9.47 Å². The monoisotopic (exact) mass is 394 g/mol. The van der Waals surface area contributed by atoms with E-state index in [1.807, 2.05) is 6.92 Å². The van der Waals surface area contributed by atoms with Crippen molar-refractivity contribution in [3.8, 4) is 5.75 Å². The quantitative estimate of drug-likeness (QED) is 0.827. The van der Waals surface area contributed by atoms with Crippen molar-refractivity contribution in [2.45, 2.75) is 75.8 Å². The van der Waals surface area contributed by atoms with Crippen molar-refractivity contribution in [1.29, 1.82) is 0 Å². The van der Waals surface area contributed by atoms with E-state index in [0.29, 0.717) is 11.8 Å². The van der Waals surface area contributed by atoms with Crippen molar-refractivity contribution in [2.75, 3.05) is 6.61 Å². The van der Waals surface area contributed by atoms with E-state index in [-0.39, 0.29) is 12.2 Å². The van der Waals surface area contributed by atoms with Crippen molar-refractivity contribution in [2.24, 2.45) is 0 Å². The zero-order valence-electron chi connectivity index (χ0n) is 17.2. The van der Waals surface area contributed by atoms with E-state index in [1.165, 1.54) is 35.1 Å². The fraction of sp³-hybridized carbons (Fsp3) is 0.520. The second kappa shape index (κ2) is 7.12. The highest BCUT2D eigenvalue weighted by atomic mass is 16.5. The lowest BCUT2D eigenvalue weighted by Gasteiger charge is -2.36. The summed E-state index contributed by atoms with van der Waals surface area (Å²) < 4.78 is 11.9. The normalized spacial score (nSPS) is 29.9. The van der Waals surface area contributed by atoms with Gasteiger partial charge in [0, 0.05) is 17.4 Å². The molecule has 2 N–H and O–H groups in total. The third-order valence-corrected chi connectivity index (χ3v) is 7.16. The number of aliphatic hydroxyl groups is 2. The number of hydrogen-bond acceptors (Lipinski definition) is 4. The molecule has 1 saturated heterocycles. The van der Waals surface area contributed by atoms with Gasteiger partial charge in [0.1, 0.15) is 11.9 Å². The molecule has 1 aliphatic carbocycles. The third-order valence-electron chi connectivity index (χ3n) is 7.16. The molecule has 2 aliphatic heterocycles. The summed E-state index contributed by atoms with van der Waals surface area (Å²) in [6.45, 7) is 4.80. The van der Waals surface area contributed by atoms with E-state index in [9.17, 15) is 10.2 Å². The van der Waals surface area contributed by atoms with E-state index >= 15 is 0 Å². The van der Waals surface area contributed by atoms with Crippen molar-refractivity contribution in [3.63, 3.8) is 0 Å². The van der Waals surface area contributed by atoms with Gasteiger partial charge in [-0.2, -0.15) is 0 Å². The molecule has 29 heavy (non-hydrogen) atoms. The first-order chi connectivity index (χ1) is 13.9. The summed E-state index contributed by atoms with van der Waals surface area (Å²) in [6, 6.07) is 13.1. The lowest BCUT2D eigenvalue weighted by Crippen LogP contribution is -2.43. The van der Waals surface area contributed by atoms with Gasteiger partial charge in [0.25, 0.3) is 0 Å². The van der Waals surface area contributed by atoms with Crippen LogP contribution < -0.4 is 4.74 Å². The number of hydrogen-bond donors (Lipinski definition) is 2. The van der Waals surface area contributed by atoms with Gasteiger partial charge in [-0.05, 0) is 67.9 Å². The summed E-state index contributed by atoms with van der Waals surface area (Å²) in [7, 11) is 0. The molecule has 2 aromatic carbocycles.